The Morgan fingerprint density at radius 2 is 2.12 bits per heavy atom. The van der Waals surface area contributed by atoms with Crippen molar-refractivity contribution in [1.29, 1.82) is 0 Å². The highest BCUT2D eigenvalue weighted by Gasteiger charge is 2.51. The first-order valence-electron chi connectivity index (χ1n) is 8.11. The van der Waals surface area contributed by atoms with Crippen molar-refractivity contribution in [2.24, 2.45) is 0 Å². The van der Waals surface area contributed by atoms with E-state index in [1.54, 1.807) is 0 Å². The molecule has 0 saturated carbocycles. The van der Waals surface area contributed by atoms with E-state index in [9.17, 15) is 0 Å². The number of benzene rings is 1. The summed E-state index contributed by atoms with van der Waals surface area (Å²) < 4.78 is 0. The first-order chi connectivity index (χ1) is 11.7. The second-order valence-electron chi connectivity index (χ2n) is 6.38. The molecule has 0 amide bonds. The van der Waals surface area contributed by atoms with Gasteiger partial charge in [0.05, 0.1) is 0 Å². The summed E-state index contributed by atoms with van der Waals surface area (Å²) in [4.78, 5) is 17.9. The van der Waals surface area contributed by atoms with Crippen LogP contribution in [0.2, 0.25) is 5.02 Å². The zero-order valence-corrected chi connectivity index (χ0v) is 14.6. The average Bonchev–Trinajstić information content (AvgIpc) is 3.36. The topological polar surface area (TPSA) is 50.0 Å². The molecule has 1 atom stereocenters. The summed E-state index contributed by atoms with van der Waals surface area (Å²) in [7, 11) is -0.00942. The lowest BCUT2D eigenvalue weighted by Gasteiger charge is -2.24. The smallest absolute Gasteiger partial charge is 0.261 e. The maximum atomic E-state index is 6.33. The van der Waals surface area contributed by atoms with Crippen LogP contribution in [0.1, 0.15) is 29.7 Å². The van der Waals surface area contributed by atoms with Gasteiger partial charge < -0.3 is 0 Å². The van der Waals surface area contributed by atoms with Gasteiger partial charge >= 0.3 is 0 Å². The van der Waals surface area contributed by atoms with Crippen molar-refractivity contribution in [2.45, 2.75) is 35.8 Å². The Morgan fingerprint density at radius 3 is 3.00 bits per heavy atom. The molecule has 24 heavy (non-hydrogen) atoms. The second-order valence-corrected chi connectivity index (χ2v) is 8.91. The molecule has 5 rings (SSSR count). The summed E-state index contributed by atoms with van der Waals surface area (Å²) in [6.45, 7) is 0.884. The minimum atomic E-state index is -0.566. The van der Waals surface area contributed by atoms with Gasteiger partial charge in [-0.05, 0) is 40.6 Å². The van der Waals surface area contributed by atoms with Crippen molar-refractivity contribution in [3.63, 3.8) is 0 Å². The fourth-order valence-corrected chi connectivity index (χ4v) is 6.44. The number of piperidine rings is 1. The van der Waals surface area contributed by atoms with Gasteiger partial charge in [-0.15, -0.1) is 0 Å². The lowest BCUT2D eigenvalue weighted by atomic mass is 10.1. The van der Waals surface area contributed by atoms with Gasteiger partial charge in [0.15, 0.2) is 0 Å². The molecule has 0 aliphatic carbocycles. The molecule has 0 radical (unpaired) electrons. The normalized spacial score (nSPS) is 25.7. The zero-order valence-electron chi connectivity index (χ0n) is 13.0. The first-order valence-corrected chi connectivity index (χ1v) is 9.88. The van der Waals surface area contributed by atoms with Crippen LogP contribution in [0.15, 0.2) is 41.4 Å². The van der Waals surface area contributed by atoms with Crippen molar-refractivity contribution in [1.82, 2.24) is 10.3 Å². The Balaban J connectivity index is 1.69. The van der Waals surface area contributed by atoms with Crippen molar-refractivity contribution >= 4 is 26.9 Å². The molecule has 1 N–H and O–H groups in total. The number of nitrogens with one attached hydrogen (secondary N) is 1. The number of pyridine rings is 1. The number of aromatic nitrogens is 1. The van der Waals surface area contributed by atoms with Crippen molar-refractivity contribution in [3.05, 3.63) is 58.4 Å². The molecule has 1 aromatic carbocycles. The van der Waals surface area contributed by atoms with E-state index in [0.717, 1.165) is 36.6 Å². The van der Waals surface area contributed by atoms with Crippen LogP contribution in [0.4, 0.5) is 0 Å². The molecule has 124 valence electrons. The van der Waals surface area contributed by atoms with E-state index in [1.807, 2.05) is 18.3 Å². The quantitative estimate of drug-likeness (QED) is 0.442. The van der Waals surface area contributed by atoms with Gasteiger partial charge in [0.2, 0.25) is 0 Å². The molecule has 1 unspecified atom stereocenters. The lowest BCUT2D eigenvalue weighted by Crippen LogP contribution is -2.41. The third-order valence-corrected chi connectivity index (χ3v) is 7.59. The molecular weight excluding hydrogens is 344 g/mol. The molecule has 4 nitrogen and oxygen atoms in total. The van der Waals surface area contributed by atoms with E-state index in [2.05, 4.69) is 28.5 Å². The summed E-state index contributed by atoms with van der Waals surface area (Å²) in [6.07, 6.45) is 4.60. The third-order valence-electron chi connectivity index (χ3n) is 4.80. The van der Waals surface area contributed by atoms with Gasteiger partial charge in [-0.25, -0.2) is 0 Å². The number of fused-ring (bicyclic) bond motifs is 2. The molecule has 3 aliphatic heterocycles. The number of hydrogen-bond acceptors (Lipinski definition) is 4. The van der Waals surface area contributed by atoms with E-state index in [-0.39, 0.29) is 10.5 Å². The lowest BCUT2D eigenvalue weighted by molar-refractivity contribution is 0.0850. The highest BCUT2D eigenvalue weighted by Crippen LogP contribution is 2.45. The molecule has 2 aromatic rings. The molecule has 0 bridgehead atoms. The van der Waals surface area contributed by atoms with Crippen LogP contribution in [-0.4, -0.2) is 22.3 Å². The molecule has 2 fully saturated rings. The molecule has 1 spiro atoms. The number of nitrogens with zero attached hydrogens (tertiary/aromatic N) is 1. The van der Waals surface area contributed by atoms with Crippen molar-refractivity contribution in [2.75, 3.05) is 6.54 Å². The van der Waals surface area contributed by atoms with E-state index in [0.29, 0.717) is 0 Å². The van der Waals surface area contributed by atoms with Crippen LogP contribution in [0.5, 0.6) is 0 Å². The fourth-order valence-electron chi connectivity index (χ4n) is 3.52. The molecular formula is C18H17ClN2O2S. The van der Waals surface area contributed by atoms with Gasteiger partial charge in [0.1, 0.15) is 0 Å². The van der Waals surface area contributed by atoms with Crippen LogP contribution in [0.3, 0.4) is 0 Å². The molecule has 2 saturated heterocycles. The molecule has 4 heterocycles. The van der Waals surface area contributed by atoms with Crippen LogP contribution < -0.4 is 5.32 Å². The SMILES string of the molecule is Clc1ccc2c(c1)S(=C1CCNC3(C1)OO3)Cc1cccnc1C2. The summed E-state index contributed by atoms with van der Waals surface area (Å²) in [5.41, 5.74) is 3.85. The average molecular weight is 361 g/mol. The predicted molar refractivity (Wildman–Crippen MR) is 95.2 cm³/mol. The van der Waals surface area contributed by atoms with Gasteiger partial charge in [-0.1, -0.05) is 23.7 Å². The Morgan fingerprint density at radius 1 is 1.21 bits per heavy atom. The van der Waals surface area contributed by atoms with Crippen molar-refractivity contribution in [3.8, 4) is 0 Å². The Kier molecular flexibility index (Phi) is 3.54. The predicted octanol–water partition coefficient (Wildman–Crippen LogP) is 3.64. The van der Waals surface area contributed by atoms with E-state index in [1.165, 1.54) is 26.6 Å². The number of halogens is 1. The Hall–Kier alpha value is -1.24. The summed E-state index contributed by atoms with van der Waals surface area (Å²) in [6, 6.07) is 10.5. The van der Waals surface area contributed by atoms with Crippen LogP contribution in [0, 0.1) is 0 Å². The van der Waals surface area contributed by atoms with Crippen molar-refractivity contribution < 1.29 is 9.78 Å². The summed E-state index contributed by atoms with van der Waals surface area (Å²) >= 11 is 6.33. The standard InChI is InChI=1S/C18H17ClN2O2S/c19-14-4-3-12-8-16-13(2-1-6-20-16)11-24(17(12)9-14)15-5-7-21-18(10-15)22-23-18/h1-4,6,9,21H,5,7-8,10-11H2. The minimum Gasteiger partial charge on any atom is -0.261 e. The van der Waals surface area contributed by atoms with E-state index in [4.69, 9.17) is 21.4 Å². The highest BCUT2D eigenvalue weighted by atomic mass is 35.5. The summed E-state index contributed by atoms with van der Waals surface area (Å²) in [5, 5.41) is 4.11. The fraction of sp³-hybridized carbons (Fsp3) is 0.333. The van der Waals surface area contributed by atoms with E-state index < -0.39 is 5.91 Å². The zero-order chi connectivity index (χ0) is 16.1. The second kappa shape index (κ2) is 5.64. The Bertz CT molecular complexity index is 864. The van der Waals surface area contributed by atoms with Crippen LogP contribution >= 0.6 is 22.1 Å². The van der Waals surface area contributed by atoms with Gasteiger partial charge in [0.25, 0.3) is 5.91 Å². The molecule has 1 aromatic heterocycles. The van der Waals surface area contributed by atoms with E-state index >= 15 is 0 Å². The van der Waals surface area contributed by atoms with Crippen LogP contribution in [-0.2, 0) is 21.9 Å². The Labute approximate surface area is 148 Å². The number of hydrogen-bond donors (Lipinski definition) is 1. The van der Waals surface area contributed by atoms with Gasteiger partial charge in [-0.2, -0.15) is 20.3 Å². The molecule has 3 aliphatic rings. The highest BCUT2D eigenvalue weighted by molar-refractivity contribution is 8.15. The van der Waals surface area contributed by atoms with Gasteiger partial charge in [-0.3, -0.25) is 10.3 Å². The third kappa shape index (κ3) is 2.61. The van der Waals surface area contributed by atoms with Gasteiger partial charge in [0, 0.05) is 46.9 Å². The maximum Gasteiger partial charge on any atom is 0.291 e. The summed E-state index contributed by atoms with van der Waals surface area (Å²) in [5.74, 6) is 0.422. The number of rotatable bonds is 0. The largest absolute Gasteiger partial charge is 0.291 e. The first kappa shape index (κ1) is 15.0. The molecule has 6 heteroatoms. The minimum absolute atomic E-state index is 0.00942. The monoisotopic (exact) mass is 360 g/mol. The van der Waals surface area contributed by atoms with Crippen LogP contribution in [0.25, 0.3) is 0 Å². The maximum absolute atomic E-state index is 6.33.